The van der Waals surface area contributed by atoms with E-state index in [1.54, 1.807) is 0 Å². The van der Waals surface area contributed by atoms with Crippen molar-refractivity contribution < 1.29 is 9.13 Å². The van der Waals surface area contributed by atoms with Gasteiger partial charge < -0.3 is 15.0 Å². The van der Waals surface area contributed by atoms with E-state index in [2.05, 4.69) is 53.1 Å². The highest BCUT2D eigenvalue weighted by Crippen LogP contribution is 2.46. The minimum Gasteiger partial charge on any atom is -0.377 e. The van der Waals surface area contributed by atoms with Gasteiger partial charge in [-0.25, -0.2) is 4.39 Å². The number of likely N-dealkylation sites (N-methyl/N-ethyl adjacent to an activating group) is 1. The smallest absolute Gasteiger partial charge is 0.124 e. The predicted molar refractivity (Wildman–Crippen MR) is 114 cm³/mol. The van der Waals surface area contributed by atoms with Gasteiger partial charge in [-0.05, 0) is 65.1 Å². The van der Waals surface area contributed by atoms with Crippen molar-refractivity contribution in [3.05, 3.63) is 11.6 Å². The van der Waals surface area contributed by atoms with E-state index in [0.29, 0.717) is 17.9 Å². The molecule has 3 aliphatic heterocycles. The number of fused-ring (bicyclic) bond motifs is 1. The molecule has 4 aliphatic rings. The third-order valence-electron chi connectivity index (χ3n) is 7.55. The molecule has 0 aromatic carbocycles. The number of nitrogens with one attached hydrogen (secondary N) is 4. The summed E-state index contributed by atoms with van der Waals surface area (Å²) in [6.07, 6.45) is 5.49. The molecule has 1 saturated carbocycles. The molecule has 7 heteroatoms. The first-order valence-corrected chi connectivity index (χ1v) is 11.5. The SMILES string of the molecule is CNC1CC(C)NC(NC2CC3C(C)COC3C(C3=CCN(C)CCC3)C2F)N1. The minimum atomic E-state index is -0.926. The van der Waals surface area contributed by atoms with Crippen LogP contribution in [0.5, 0.6) is 0 Å². The largest absolute Gasteiger partial charge is 0.377 e. The van der Waals surface area contributed by atoms with Crippen molar-refractivity contribution in [3.63, 3.8) is 0 Å². The van der Waals surface area contributed by atoms with Crippen LogP contribution in [0, 0.1) is 17.8 Å². The van der Waals surface area contributed by atoms with Crippen molar-refractivity contribution in [1.29, 1.82) is 0 Å². The molecule has 0 amide bonds. The Bertz CT molecular complexity index is 590. The van der Waals surface area contributed by atoms with Gasteiger partial charge in [-0.15, -0.1) is 0 Å². The number of nitrogens with zero attached hydrogens (tertiary/aromatic N) is 1. The van der Waals surface area contributed by atoms with Crippen LogP contribution in [-0.4, -0.2) is 75.5 Å². The van der Waals surface area contributed by atoms with Gasteiger partial charge in [0, 0.05) is 31.2 Å². The summed E-state index contributed by atoms with van der Waals surface area (Å²) in [4.78, 5) is 2.32. The van der Waals surface area contributed by atoms with Crippen LogP contribution >= 0.6 is 0 Å². The van der Waals surface area contributed by atoms with Crippen molar-refractivity contribution in [2.24, 2.45) is 17.8 Å². The lowest BCUT2D eigenvalue weighted by atomic mass is 9.68. The Hall–Kier alpha value is -0.570. The van der Waals surface area contributed by atoms with E-state index in [1.807, 2.05) is 7.05 Å². The first-order valence-electron chi connectivity index (χ1n) is 11.5. The zero-order valence-corrected chi connectivity index (χ0v) is 18.5. The normalized spacial score (nSPS) is 46.8. The number of halogens is 1. The molecule has 166 valence electrons. The monoisotopic (exact) mass is 409 g/mol. The summed E-state index contributed by atoms with van der Waals surface area (Å²) in [7, 11) is 4.12. The van der Waals surface area contributed by atoms with Crippen LogP contribution in [0.4, 0.5) is 4.39 Å². The molecule has 0 bridgehead atoms. The maximum Gasteiger partial charge on any atom is 0.124 e. The van der Waals surface area contributed by atoms with E-state index in [1.165, 1.54) is 5.57 Å². The third kappa shape index (κ3) is 4.70. The quantitative estimate of drug-likeness (QED) is 0.527. The molecule has 9 unspecified atom stereocenters. The highest BCUT2D eigenvalue weighted by molar-refractivity contribution is 5.19. The Morgan fingerprint density at radius 1 is 1.24 bits per heavy atom. The van der Waals surface area contributed by atoms with Gasteiger partial charge in [0.25, 0.3) is 0 Å². The van der Waals surface area contributed by atoms with E-state index < -0.39 is 6.17 Å². The van der Waals surface area contributed by atoms with Gasteiger partial charge in [0.2, 0.25) is 0 Å². The Balaban J connectivity index is 1.52. The maximum atomic E-state index is 16.1. The second kappa shape index (κ2) is 9.28. The van der Waals surface area contributed by atoms with Crippen molar-refractivity contribution in [3.8, 4) is 0 Å². The first-order chi connectivity index (χ1) is 14.0. The molecule has 6 nitrogen and oxygen atoms in total. The predicted octanol–water partition coefficient (Wildman–Crippen LogP) is 1.41. The molecule has 3 fully saturated rings. The summed E-state index contributed by atoms with van der Waals surface area (Å²) < 4.78 is 22.3. The summed E-state index contributed by atoms with van der Waals surface area (Å²) in [6, 6.07) is 0.213. The van der Waals surface area contributed by atoms with E-state index >= 15 is 4.39 Å². The van der Waals surface area contributed by atoms with E-state index in [-0.39, 0.29) is 30.5 Å². The highest BCUT2D eigenvalue weighted by Gasteiger charge is 2.52. The summed E-state index contributed by atoms with van der Waals surface area (Å²) in [5.74, 6) is 0.793. The standard InChI is InChI=1S/C22H40FN5O/c1-13-12-29-21-16(13)11-17(26-22-25-14(2)10-18(24-3)27-22)20(23)19(21)15-6-5-8-28(4)9-7-15/h7,13-14,16-22,24-27H,5-6,8-12H2,1-4H3. The fourth-order valence-electron chi connectivity index (χ4n) is 5.86. The lowest BCUT2D eigenvalue weighted by Crippen LogP contribution is -2.69. The van der Waals surface area contributed by atoms with Crippen molar-refractivity contribution in [1.82, 2.24) is 26.2 Å². The average Bonchev–Trinajstić information content (AvgIpc) is 2.91. The van der Waals surface area contributed by atoms with Crippen molar-refractivity contribution in [2.75, 3.05) is 33.8 Å². The third-order valence-corrected chi connectivity index (χ3v) is 7.55. The number of ether oxygens (including phenoxy) is 1. The Labute approximate surface area is 175 Å². The molecule has 2 saturated heterocycles. The fourth-order valence-corrected chi connectivity index (χ4v) is 5.86. The summed E-state index contributed by atoms with van der Waals surface area (Å²) >= 11 is 0. The average molecular weight is 410 g/mol. The summed E-state index contributed by atoms with van der Waals surface area (Å²) in [5.41, 5.74) is 1.28. The molecule has 0 aromatic rings. The molecule has 3 heterocycles. The zero-order valence-electron chi connectivity index (χ0n) is 18.5. The first kappa shape index (κ1) is 21.7. The molecular weight excluding hydrogens is 369 g/mol. The lowest BCUT2D eigenvalue weighted by Gasteiger charge is -2.45. The van der Waals surface area contributed by atoms with Crippen LogP contribution < -0.4 is 21.3 Å². The molecule has 0 radical (unpaired) electrons. The second-order valence-electron chi connectivity index (χ2n) is 9.81. The van der Waals surface area contributed by atoms with Crippen molar-refractivity contribution in [2.45, 2.75) is 76.3 Å². The van der Waals surface area contributed by atoms with Crippen molar-refractivity contribution >= 4 is 0 Å². The Morgan fingerprint density at radius 3 is 2.86 bits per heavy atom. The van der Waals surface area contributed by atoms with Gasteiger partial charge in [-0.1, -0.05) is 18.6 Å². The Kier molecular flexibility index (Phi) is 6.93. The lowest BCUT2D eigenvalue weighted by molar-refractivity contribution is -0.0269. The van der Waals surface area contributed by atoms with Gasteiger partial charge in [0.15, 0.2) is 0 Å². The van der Waals surface area contributed by atoms with E-state index in [0.717, 1.165) is 45.4 Å². The summed E-state index contributed by atoms with van der Waals surface area (Å²) in [6.45, 7) is 7.21. The van der Waals surface area contributed by atoms with Crippen LogP contribution in [0.1, 0.15) is 39.5 Å². The van der Waals surface area contributed by atoms with Gasteiger partial charge >= 0.3 is 0 Å². The Morgan fingerprint density at radius 2 is 2.07 bits per heavy atom. The molecule has 4 N–H and O–H groups in total. The van der Waals surface area contributed by atoms with Crippen LogP contribution in [-0.2, 0) is 4.74 Å². The minimum absolute atomic E-state index is 0.0314. The molecule has 4 rings (SSSR count). The van der Waals surface area contributed by atoms with E-state index in [4.69, 9.17) is 4.74 Å². The van der Waals surface area contributed by atoms with Crippen LogP contribution in [0.2, 0.25) is 0 Å². The number of alkyl halides is 1. The van der Waals surface area contributed by atoms with Crippen LogP contribution in [0.25, 0.3) is 0 Å². The molecule has 0 spiro atoms. The molecule has 29 heavy (non-hydrogen) atoms. The van der Waals surface area contributed by atoms with Crippen LogP contribution in [0.3, 0.4) is 0 Å². The number of hydrogen-bond donors (Lipinski definition) is 4. The van der Waals surface area contributed by atoms with Crippen LogP contribution in [0.15, 0.2) is 11.6 Å². The molecular formula is C22H40FN5O. The maximum absolute atomic E-state index is 16.1. The molecule has 0 aromatic heterocycles. The highest BCUT2D eigenvalue weighted by atomic mass is 19.1. The summed E-state index contributed by atoms with van der Waals surface area (Å²) in [5, 5.41) is 14.0. The zero-order chi connectivity index (χ0) is 20.5. The van der Waals surface area contributed by atoms with E-state index in [9.17, 15) is 0 Å². The van der Waals surface area contributed by atoms with Gasteiger partial charge in [-0.2, -0.15) is 0 Å². The molecule has 1 aliphatic carbocycles. The fraction of sp³-hybridized carbons (Fsp3) is 0.909. The number of hydrogen-bond acceptors (Lipinski definition) is 6. The second-order valence-corrected chi connectivity index (χ2v) is 9.81. The van der Waals surface area contributed by atoms with Gasteiger partial charge in [-0.3, -0.25) is 16.0 Å². The number of rotatable bonds is 4. The van der Waals surface area contributed by atoms with Gasteiger partial charge in [0.05, 0.1) is 12.3 Å². The molecule has 9 atom stereocenters. The topological polar surface area (TPSA) is 60.6 Å². The van der Waals surface area contributed by atoms with Gasteiger partial charge in [0.1, 0.15) is 12.5 Å².